The molecule has 0 bridgehead atoms. The summed E-state index contributed by atoms with van der Waals surface area (Å²) in [5.41, 5.74) is 7.42. The van der Waals surface area contributed by atoms with Crippen molar-refractivity contribution in [1.82, 2.24) is 10.3 Å². The third kappa shape index (κ3) is 2.61. The van der Waals surface area contributed by atoms with Crippen LogP contribution in [-0.4, -0.2) is 29.6 Å². The molecule has 3 rings (SSSR count). The van der Waals surface area contributed by atoms with Crippen LogP contribution >= 0.6 is 11.3 Å². The second-order valence-corrected chi connectivity index (χ2v) is 6.82. The summed E-state index contributed by atoms with van der Waals surface area (Å²) in [5, 5.41) is 3.96. The molecule has 5 nitrogen and oxygen atoms in total. The second kappa shape index (κ2) is 5.27. The number of amides is 1. The number of ether oxygens (including phenoxy) is 1. The number of pyridine rings is 1. The molecule has 3 heterocycles. The number of anilines is 1. The van der Waals surface area contributed by atoms with E-state index in [-0.39, 0.29) is 11.4 Å². The molecule has 21 heavy (non-hydrogen) atoms. The van der Waals surface area contributed by atoms with Crippen molar-refractivity contribution in [3.05, 3.63) is 22.7 Å². The Hall–Kier alpha value is -1.66. The van der Waals surface area contributed by atoms with Crippen LogP contribution in [0.3, 0.4) is 0 Å². The average Bonchev–Trinajstić information content (AvgIpc) is 2.78. The topological polar surface area (TPSA) is 77.2 Å². The molecule has 0 radical (unpaired) electrons. The molecule has 2 aromatic rings. The fourth-order valence-electron chi connectivity index (χ4n) is 2.74. The van der Waals surface area contributed by atoms with Crippen molar-refractivity contribution in [3.8, 4) is 0 Å². The monoisotopic (exact) mass is 305 g/mol. The van der Waals surface area contributed by atoms with Gasteiger partial charge in [0.15, 0.2) is 0 Å². The van der Waals surface area contributed by atoms with E-state index in [1.165, 1.54) is 11.3 Å². The van der Waals surface area contributed by atoms with Gasteiger partial charge in [0.05, 0.1) is 17.8 Å². The summed E-state index contributed by atoms with van der Waals surface area (Å²) in [7, 11) is 0. The van der Waals surface area contributed by atoms with E-state index in [0.29, 0.717) is 17.2 Å². The second-order valence-electron chi connectivity index (χ2n) is 5.82. The number of fused-ring (bicyclic) bond motifs is 1. The third-order valence-corrected chi connectivity index (χ3v) is 5.01. The van der Waals surface area contributed by atoms with E-state index in [2.05, 4.69) is 10.3 Å². The maximum atomic E-state index is 12.6. The lowest BCUT2D eigenvalue weighted by Gasteiger charge is -2.34. The van der Waals surface area contributed by atoms with Crippen LogP contribution in [0.2, 0.25) is 0 Å². The van der Waals surface area contributed by atoms with Gasteiger partial charge in [-0.2, -0.15) is 0 Å². The van der Waals surface area contributed by atoms with Crippen LogP contribution in [0, 0.1) is 6.92 Å². The first-order valence-electron chi connectivity index (χ1n) is 7.04. The smallest absolute Gasteiger partial charge is 0.264 e. The summed E-state index contributed by atoms with van der Waals surface area (Å²) < 4.78 is 5.48. The van der Waals surface area contributed by atoms with Crippen LogP contribution in [0.5, 0.6) is 0 Å². The summed E-state index contributed by atoms with van der Waals surface area (Å²) >= 11 is 1.34. The van der Waals surface area contributed by atoms with Crippen molar-refractivity contribution in [2.45, 2.75) is 32.2 Å². The largest absolute Gasteiger partial charge is 0.397 e. The molecule has 112 valence electrons. The summed E-state index contributed by atoms with van der Waals surface area (Å²) in [6, 6.07) is 1.91. The number of carbonyl (C=O) groups excluding carboxylic acids is 1. The van der Waals surface area contributed by atoms with E-state index >= 15 is 0 Å². The molecule has 6 heteroatoms. The predicted octanol–water partition coefficient (Wildman–Crippen LogP) is 2.49. The zero-order valence-electron chi connectivity index (χ0n) is 12.2. The molecule has 0 saturated carbocycles. The molecule has 1 aliphatic rings. The lowest BCUT2D eigenvalue weighted by Crippen LogP contribution is -2.51. The van der Waals surface area contributed by atoms with Gasteiger partial charge in [-0.25, -0.2) is 4.98 Å². The zero-order chi connectivity index (χ0) is 15.0. The predicted molar refractivity (Wildman–Crippen MR) is 84.7 cm³/mol. The highest BCUT2D eigenvalue weighted by atomic mass is 32.1. The van der Waals surface area contributed by atoms with E-state index in [0.717, 1.165) is 35.2 Å². The maximum absolute atomic E-state index is 12.6. The van der Waals surface area contributed by atoms with Gasteiger partial charge in [0, 0.05) is 18.2 Å². The number of thiophene rings is 1. The fraction of sp³-hybridized carbons (Fsp3) is 0.467. The zero-order valence-corrected chi connectivity index (χ0v) is 13.0. The summed E-state index contributed by atoms with van der Waals surface area (Å²) in [5.74, 6) is -0.136. The van der Waals surface area contributed by atoms with Gasteiger partial charge in [0.25, 0.3) is 5.91 Å². The molecule has 1 unspecified atom stereocenters. The Kier molecular flexibility index (Phi) is 3.59. The van der Waals surface area contributed by atoms with Crippen LogP contribution in [0.15, 0.2) is 12.3 Å². The van der Waals surface area contributed by atoms with E-state index < -0.39 is 0 Å². The van der Waals surface area contributed by atoms with Crippen LogP contribution in [0.25, 0.3) is 10.2 Å². The Labute approximate surface area is 127 Å². The molecule has 1 fully saturated rings. The Morgan fingerprint density at radius 1 is 1.57 bits per heavy atom. The van der Waals surface area contributed by atoms with Crippen molar-refractivity contribution in [3.63, 3.8) is 0 Å². The first-order chi connectivity index (χ1) is 10.0. The van der Waals surface area contributed by atoms with Gasteiger partial charge >= 0.3 is 0 Å². The molecule has 1 amide bonds. The third-order valence-electron chi connectivity index (χ3n) is 3.90. The maximum Gasteiger partial charge on any atom is 0.264 e. The SMILES string of the molecule is Cc1ccnc2sc(C(=O)NC3(C)CCCOC3)c(N)c12. The van der Waals surface area contributed by atoms with Crippen LogP contribution in [0.4, 0.5) is 5.69 Å². The van der Waals surface area contributed by atoms with Gasteiger partial charge in [0.2, 0.25) is 0 Å². The number of hydrogen-bond donors (Lipinski definition) is 2. The van der Waals surface area contributed by atoms with Gasteiger partial charge in [-0.05, 0) is 38.3 Å². The number of nitrogens with two attached hydrogens (primary N) is 1. The van der Waals surface area contributed by atoms with Crippen LogP contribution in [-0.2, 0) is 4.74 Å². The van der Waals surface area contributed by atoms with Crippen LogP contribution in [0.1, 0.15) is 35.0 Å². The normalized spacial score (nSPS) is 22.4. The molecule has 1 aliphatic heterocycles. The van der Waals surface area contributed by atoms with E-state index in [9.17, 15) is 4.79 Å². The minimum absolute atomic E-state index is 0.136. The molecule has 0 spiro atoms. The highest BCUT2D eigenvalue weighted by Crippen LogP contribution is 2.34. The molecular weight excluding hydrogens is 286 g/mol. The first kappa shape index (κ1) is 14.3. The van der Waals surface area contributed by atoms with Gasteiger partial charge < -0.3 is 15.8 Å². The Morgan fingerprint density at radius 2 is 2.38 bits per heavy atom. The summed E-state index contributed by atoms with van der Waals surface area (Å²) in [4.78, 5) is 18.2. The Bertz CT molecular complexity index is 690. The Morgan fingerprint density at radius 3 is 3.05 bits per heavy atom. The standard InChI is InChI=1S/C15H19N3O2S/c1-9-4-6-17-14-10(9)11(16)12(21-14)13(19)18-15(2)5-3-7-20-8-15/h4,6H,3,5,7-8,16H2,1-2H3,(H,18,19). The van der Waals surface area contributed by atoms with E-state index in [1.54, 1.807) is 6.20 Å². The molecule has 1 saturated heterocycles. The average molecular weight is 305 g/mol. The van der Waals surface area contributed by atoms with E-state index in [4.69, 9.17) is 10.5 Å². The molecule has 0 aliphatic carbocycles. The van der Waals surface area contributed by atoms with Crippen molar-refractivity contribution < 1.29 is 9.53 Å². The van der Waals surface area contributed by atoms with Crippen molar-refractivity contribution >= 4 is 33.1 Å². The minimum atomic E-state index is -0.319. The van der Waals surface area contributed by atoms with Gasteiger partial charge in [-0.15, -0.1) is 11.3 Å². The van der Waals surface area contributed by atoms with Crippen LogP contribution < -0.4 is 11.1 Å². The highest BCUT2D eigenvalue weighted by Gasteiger charge is 2.31. The number of nitrogens with zero attached hydrogens (tertiary/aromatic N) is 1. The van der Waals surface area contributed by atoms with Gasteiger partial charge in [-0.1, -0.05) is 0 Å². The lowest BCUT2D eigenvalue weighted by molar-refractivity contribution is 0.0274. The number of rotatable bonds is 2. The minimum Gasteiger partial charge on any atom is -0.397 e. The quantitative estimate of drug-likeness (QED) is 0.893. The van der Waals surface area contributed by atoms with Crippen molar-refractivity contribution in [1.29, 1.82) is 0 Å². The molecule has 1 atom stereocenters. The lowest BCUT2D eigenvalue weighted by atomic mass is 9.95. The summed E-state index contributed by atoms with van der Waals surface area (Å²) in [6.07, 6.45) is 3.62. The highest BCUT2D eigenvalue weighted by molar-refractivity contribution is 7.21. The molecular formula is C15H19N3O2S. The number of nitrogens with one attached hydrogen (secondary N) is 1. The van der Waals surface area contributed by atoms with E-state index in [1.807, 2.05) is 19.9 Å². The van der Waals surface area contributed by atoms with Gasteiger partial charge in [-0.3, -0.25) is 4.79 Å². The number of nitrogen functional groups attached to an aromatic ring is 1. The molecule has 0 aromatic carbocycles. The first-order valence-corrected chi connectivity index (χ1v) is 7.86. The fourth-order valence-corrected chi connectivity index (χ4v) is 3.77. The summed E-state index contributed by atoms with van der Waals surface area (Å²) in [6.45, 7) is 5.29. The number of hydrogen-bond acceptors (Lipinski definition) is 5. The Balaban J connectivity index is 1.91. The van der Waals surface area contributed by atoms with Crippen molar-refractivity contribution in [2.75, 3.05) is 18.9 Å². The molecule has 2 aromatic heterocycles. The number of carbonyl (C=O) groups is 1. The number of aryl methyl sites for hydroxylation is 1. The molecule has 3 N–H and O–H groups in total. The van der Waals surface area contributed by atoms with Gasteiger partial charge in [0.1, 0.15) is 9.71 Å². The number of aromatic nitrogens is 1. The van der Waals surface area contributed by atoms with Crippen molar-refractivity contribution in [2.24, 2.45) is 0 Å².